The van der Waals surface area contributed by atoms with Crippen molar-refractivity contribution in [3.63, 3.8) is 0 Å². The maximum Gasteiger partial charge on any atom is 0.315 e. The molecule has 5 amide bonds. The topological polar surface area (TPSA) is 171 Å². The largest absolute Gasteiger partial charge is 0.363 e. The minimum atomic E-state index is -1.41. The van der Waals surface area contributed by atoms with Gasteiger partial charge in [-0.2, -0.15) is 0 Å². The van der Waals surface area contributed by atoms with E-state index in [-0.39, 0.29) is 12.0 Å². The van der Waals surface area contributed by atoms with Crippen LogP contribution in [0.1, 0.15) is 93.9 Å². The van der Waals surface area contributed by atoms with Gasteiger partial charge in [-0.25, -0.2) is 13.3 Å². The number of rotatable bonds is 14. The van der Waals surface area contributed by atoms with Gasteiger partial charge in [-0.05, 0) is 61.3 Å². The summed E-state index contributed by atoms with van der Waals surface area (Å²) < 4.78 is 16.0. The van der Waals surface area contributed by atoms with Crippen LogP contribution in [-0.2, 0) is 30.2 Å². The highest BCUT2D eigenvalue weighted by Crippen LogP contribution is 2.31. The van der Waals surface area contributed by atoms with Gasteiger partial charge in [-0.1, -0.05) is 66.9 Å². The van der Waals surface area contributed by atoms with Crippen LogP contribution in [0.4, 0.5) is 4.79 Å². The number of thiophene rings is 1. The Morgan fingerprint density at radius 2 is 1.66 bits per heavy atom. The number of carbonyl (C=O) groups is 5. The maximum atomic E-state index is 14.1. The van der Waals surface area contributed by atoms with Crippen molar-refractivity contribution in [1.29, 1.82) is 0 Å². The molecule has 0 radical (unpaired) electrons. The Morgan fingerprint density at radius 1 is 1.00 bits per heavy atom. The molecule has 0 bridgehead atoms. The third kappa shape index (κ3) is 10.3. The molecule has 12 nitrogen and oxygen atoms in total. The van der Waals surface area contributed by atoms with E-state index in [1.165, 1.54) is 16.2 Å². The fraction of sp³-hybridized carbons (Fsp3) is 0.727. The van der Waals surface area contributed by atoms with Gasteiger partial charge in [0.15, 0.2) is 0 Å². The lowest BCUT2D eigenvalue weighted by atomic mass is 9.80. The standard InChI is InChI=1S/C33H54N6O6S2/c1-20(2)39(47(45)25-15-11-17-46-25)19-24(32(3,4)5)36-31(44)37-27(33(6,7)8)30(43)38-16-10-14-23(38)29(42)35-22(26(40)28(34)41)18-21-12-9-13-21/h11,15,17,20-24,27H,9-10,12-14,16,18-19H2,1-8H3,(H2,34,41)(H,35,42)(H2,36,37,44). The Bertz CT molecular complexity index is 1300. The van der Waals surface area contributed by atoms with Crippen molar-refractivity contribution in [3.05, 3.63) is 17.5 Å². The molecule has 5 N–H and O–H groups in total. The van der Waals surface area contributed by atoms with E-state index in [2.05, 4.69) is 16.0 Å². The zero-order valence-corrected chi connectivity index (χ0v) is 30.7. The monoisotopic (exact) mass is 694 g/mol. The lowest BCUT2D eigenvalue weighted by molar-refractivity contribution is -0.143. The lowest BCUT2D eigenvalue weighted by Gasteiger charge is -2.38. The van der Waals surface area contributed by atoms with E-state index in [0.717, 1.165) is 23.5 Å². The molecule has 264 valence electrons. The molecule has 5 atom stereocenters. The number of ketones is 1. The van der Waals surface area contributed by atoms with Crippen molar-refractivity contribution in [2.45, 2.75) is 128 Å². The van der Waals surface area contributed by atoms with E-state index in [1.54, 1.807) is 0 Å². The molecule has 1 aliphatic carbocycles. The van der Waals surface area contributed by atoms with Gasteiger partial charge in [-0.3, -0.25) is 19.2 Å². The lowest BCUT2D eigenvalue weighted by Crippen LogP contribution is -2.62. The van der Waals surface area contributed by atoms with Gasteiger partial charge in [0.1, 0.15) is 27.3 Å². The second-order valence-electron chi connectivity index (χ2n) is 15.2. The Labute approximate surface area is 285 Å². The molecule has 3 rings (SSSR count). The molecule has 1 aliphatic heterocycles. The Morgan fingerprint density at radius 3 is 2.15 bits per heavy atom. The second-order valence-corrected chi connectivity index (χ2v) is 17.8. The second kappa shape index (κ2) is 16.0. The molecular weight excluding hydrogens is 641 g/mol. The predicted molar refractivity (Wildman–Crippen MR) is 184 cm³/mol. The van der Waals surface area contributed by atoms with Crippen molar-refractivity contribution >= 4 is 51.9 Å². The number of amides is 5. The summed E-state index contributed by atoms with van der Waals surface area (Å²) >= 11 is 1.42. The first kappa shape index (κ1) is 38.6. The number of primary amides is 1. The zero-order chi connectivity index (χ0) is 35.3. The minimum absolute atomic E-state index is 0.0682. The fourth-order valence-corrected chi connectivity index (χ4v) is 8.17. The van der Waals surface area contributed by atoms with Crippen LogP contribution < -0.4 is 21.7 Å². The molecule has 0 spiro atoms. The summed E-state index contributed by atoms with van der Waals surface area (Å²) in [5.41, 5.74) is 4.15. The van der Waals surface area contributed by atoms with Gasteiger partial charge >= 0.3 is 6.03 Å². The smallest absolute Gasteiger partial charge is 0.315 e. The highest BCUT2D eigenvalue weighted by atomic mass is 32.2. The fourth-order valence-electron chi connectivity index (χ4n) is 5.85. The van der Waals surface area contributed by atoms with Crippen molar-refractivity contribution < 1.29 is 28.2 Å². The molecule has 1 aromatic heterocycles. The molecule has 5 unspecified atom stereocenters. The quantitative estimate of drug-likeness (QED) is 0.218. The van der Waals surface area contributed by atoms with Crippen LogP contribution in [0.25, 0.3) is 0 Å². The number of nitrogens with one attached hydrogen (secondary N) is 3. The molecule has 2 aliphatic rings. The predicted octanol–water partition coefficient (Wildman–Crippen LogP) is 3.33. The summed E-state index contributed by atoms with van der Waals surface area (Å²) in [6.45, 7) is 16.0. The van der Waals surface area contributed by atoms with E-state index in [9.17, 15) is 28.2 Å². The number of Topliss-reactive ketones (excluding diaryl/α,β-unsaturated/α-hetero) is 1. The van der Waals surface area contributed by atoms with Gasteiger partial charge in [0, 0.05) is 25.2 Å². The van der Waals surface area contributed by atoms with Gasteiger partial charge in [-0.15, -0.1) is 11.3 Å². The maximum absolute atomic E-state index is 14.1. The van der Waals surface area contributed by atoms with Crippen LogP contribution in [-0.4, -0.2) is 86.2 Å². The Balaban J connectivity index is 1.75. The molecule has 1 saturated heterocycles. The summed E-state index contributed by atoms with van der Waals surface area (Å²) in [4.78, 5) is 66.9. The number of nitrogens with zero attached hydrogens (tertiary/aromatic N) is 2. The number of hydrogen-bond acceptors (Lipinski definition) is 7. The van der Waals surface area contributed by atoms with E-state index in [4.69, 9.17) is 5.73 Å². The normalized spacial score (nSPS) is 19.9. The summed E-state index contributed by atoms with van der Waals surface area (Å²) in [5, 5.41) is 10.5. The average molecular weight is 695 g/mol. The highest BCUT2D eigenvalue weighted by molar-refractivity contribution is 7.85. The minimum Gasteiger partial charge on any atom is -0.363 e. The Hall–Kier alpha value is -2.84. The van der Waals surface area contributed by atoms with Crippen molar-refractivity contribution in [1.82, 2.24) is 25.2 Å². The average Bonchev–Trinajstić information content (AvgIpc) is 3.65. The van der Waals surface area contributed by atoms with Gasteiger partial charge in [0.05, 0.1) is 6.04 Å². The van der Waals surface area contributed by atoms with E-state index in [1.807, 2.05) is 77.2 Å². The first-order valence-electron chi connectivity index (χ1n) is 16.5. The van der Waals surface area contributed by atoms with Crippen LogP contribution in [0.15, 0.2) is 21.7 Å². The van der Waals surface area contributed by atoms with E-state index >= 15 is 0 Å². The van der Waals surface area contributed by atoms with E-state index < -0.39 is 75.5 Å². The van der Waals surface area contributed by atoms with Crippen LogP contribution >= 0.6 is 11.3 Å². The van der Waals surface area contributed by atoms with Gasteiger partial charge < -0.3 is 26.6 Å². The van der Waals surface area contributed by atoms with Crippen LogP contribution in [0, 0.1) is 16.7 Å². The first-order valence-corrected chi connectivity index (χ1v) is 18.5. The van der Waals surface area contributed by atoms with Crippen LogP contribution in [0.2, 0.25) is 0 Å². The number of hydrogen-bond donors (Lipinski definition) is 4. The Kier molecular flexibility index (Phi) is 13.2. The molecule has 2 heterocycles. The third-order valence-electron chi connectivity index (χ3n) is 9.07. The summed E-state index contributed by atoms with van der Waals surface area (Å²) in [7, 11) is -1.41. The van der Waals surface area contributed by atoms with Gasteiger partial charge in [0.2, 0.25) is 17.6 Å². The van der Waals surface area contributed by atoms with E-state index in [0.29, 0.717) is 32.4 Å². The molecule has 1 aromatic rings. The number of likely N-dealkylation sites (tertiary alicyclic amines) is 1. The molecule has 2 fully saturated rings. The molecule has 1 saturated carbocycles. The summed E-state index contributed by atoms with van der Waals surface area (Å²) in [6.07, 6.45) is 4.18. The molecule has 47 heavy (non-hydrogen) atoms. The van der Waals surface area contributed by atoms with Crippen LogP contribution in [0.5, 0.6) is 0 Å². The summed E-state index contributed by atoms with van der Waals surface area (Å²) in [5.74, 6) is -2.61. The zero-order valence-electron chi connectivity index (χ0n) is 29.1. The van der Waals surface area contributed by atoms with Crippen molar-refractivity contribution in [3.8, 4) is 0 Å². The number of nitrogens with two attached hydrogens (primary N) is 1. The molecule has 0 aromatic carbocycles. The highest BCUT2D eigenvalue weighted by Gasteiger charge is 2.43. The first-order chi connectivity index (χ1) is 21.8. The van der Waals surface area contributed by atoms with Crippen molar-refractivity contribution in [2.24, 2.45) is 22.5 Å². The summed E-state index contributed by atoms with van der Waals surface area (Å²) in [6, 6.07) is -0.206. The number of urea groups is 1. The van der Waals surface area contributed by atoms with Crippen molar-refractivity contribution in [2.75, 3.05) is 13.1 Å². The van der Waals surface area contributed by atoms with Gasteiger partial charge in [0.25, 0.3) is 5.91 Å². The van der Waals surface area contributed by atoms with Crippen LogP contribution in [0.3, 0.4) is 0 Å². The SMILES string of the molecule is CC(C)N(CC(NC(=O)NC(C(=O)N1CCCC1C(=O)NC(CC1CCC1)C(=O)C(N)=O)C(C)(C)C)C(C)(C)C)S(=O)c1cccs1. The molecule has 14 heteroatoms. The third-order valence-corrected chi connectivity index (χ3v) is 11.9. The molecular formula is C33H54N6O6S2. The number of carbonyl (C=O) groups excluding carboxylic acids is 5.